The lowest BCUT2D eigenvalue weighted by molar-refractivity contribution is 0.304. The summed E-state index contributed by atoms with van der Waals surface area (Å²) in [5.74, 6) is 0.803. The molecule has 0 aliphatic rings. The number of aromatic amines is 1. The zero-order valence-corrected chi connectivity index (χ0v) is 16.4. The number of H-pyrrole nitrogens is 1. The Labute approximate surface area is 169 Å². The van der Waals surface area contributed by atoms with Crippen LogP contribution in [0.1, 0.15) is 16.8 Å². The summed E-state index contributed by atoms with van der Waals surface area (Å²) in [7, 11) is 0. The molecule has 0 unspecified atom stereocenters. The first-order chi connectivity index (χ1) is 14.2. The van der Waals surface area contributed by atoms with Gasteiger partial charge in [0.05, 0.1) is 11.2 Å². The van der Waals surface area contributed by atoms with Crippen molar-refractivity contribution in [2.45, 2.75) is 20.5 Å². The van der Waals surface area contributed by atoms with Crippen LogP contribution in [0.4, 0.5) is 0 Å². The fourth-order valence-corrected chi connectivity index (χ4v) is 3.77. The Morgan fingerprint density at radius 1 is 0.897 bits per heavy atom. The largest absolute Gasteiger partial charge is 0.485 e. The minimum Gasteiger partial charge on any atom is -0.485 e. The molecule has 5 rings (SSSR count). The summed E-state index contributed by atoms with van der Waals surface area (Å²) in [5.41, 5.74) is 7.46. The maximum atomic E-state index is 6.16. The second-order valence-electron chi connectivity index (χ2n) is 7.37. The summed E-state index contributed by atoms with van der Waals surface area (Å²) in [6.45, 7) is 4.60. The molecule has 0 radical (unpaired) electrons. The third kappa shape index (κ3) is 3.23. The predicted molar refractivity (Wildman–Crippen MR) is 117 cm³/mol. The second kappa shape index (κ2) is 7.06. The molecule has 0 fully saturated rings. The minimum atomic E-state index is 0.418. The van der Waals surface area contributed by atoms with E-state index in [9.17, 15) is 0 Å². The van der Waals surface area contributed by atoms with Gasteiger partial charge in [-0.3, -0.25) is 4.98 Å². The second-order valence-corrected chi connectivity index (χ2v) is 7.37. The van der Waals surface area contributed by atoms with Crippen molar-refractivity contribution >= 4 is 21.9 Å². The average molecular weight is 379 g/mol. The molecule has 0 saturated heterocycles. The van der Waals surface area contributed by atoms with E-state index in [4.69, 9.17) is 4.74 Å². The van der Waals surface area contributed by atoms with Gasteiger partial charge < -0.3 is 9.72 Å². The van der Waals surface area contributed by atoms with E-state index in [1.807, 2.05) is 30.5 Å². The molecule has 1 N–H and O–H groups in total. The van der Waals surface area contributed by atoms with Crippen LogP contribution in [0.15, 0.2) is 73.1 Å². The van der Waals surface area contributed by atoms with Gasteiger partial charge in [0, 0.05) is 23.2 Å². The van der Waals surface area contributed by atoms with Gasteiger partial charge in [-0.15, -0.1) is 0 Å². The van der Waals surface area contributed by atoms with Crippen molar-refractivity contribution in [1.29, 1.82) is 0 Å². The normalized spacial score (nSPS) is 11.2. The number of nitrogens with one attached hydrogen (secondary N) is 1. The van der Waals surface area contributed by atoms with Gasteiger partial charge in [0.25, 0.3) is 0 Å². The van der Waals surface area contributed by atoms with E-state index >= 15 is 0 Å². The molecule has 0 spiro atoms. The predicted octanol–water partition coefficient (Wildman–Crippen LogP) is 5.97. The van der Waals surface area contributed by atoms with Crippen LogP contribution in [-0.4, -0.2) is 15.0 Å². The molecule has 0 aliphatic carbocycles. The van der Waals surface area contributed by atoms with Crippen molar-refractivity contribution in [3.63, 3.8) is 0 Å². The number of fused-ring (bicyclic) bond motifs is 3. The first-order valence-corrected chi connectivity index (χ1v) is 9.70. The molecule has 2 aromatic carbocycles. The molecule has 142 valence electrons. The Balaban J connectivity index is 1.70. The first kappa shape index (κ1) is 17.4. The highest BCUT2D eigenvalue weighted by Crippen LogP contribution is 2.39. The fourth-order valence-electron chi connectivity index (χ4n) is 3.77. The Kier molecular flexibility index (Phi) is 4.24. The lowest BCUT2D eigenvalue weighted by Crippen LogP contribution is -1.98. The number of rotatable bonds is 4. The van der Waals surface area contributed by atoms with Crippen molar-refractivity contribution in [3.05, 3.63) is 89.9 Å². The lowest BCUT2D eigenvalue weighted by atomic mass is 9.98. The van der Waals surface area contributed by atoms with E-state index < -0.39 is 0 Å². The summed E-state index contributed by atoms with van der Waals surface area (Å²) in [6.07, 6.45) is 3.67. The van der Waals surface area contributed by atoms with Crippen LogP contribution in [-0.2, 0) is 6.61 Å². The summed E-state index contributed by atoms with van der Waals surface area (Å²) < 4.78 is 6.16. The Bertz CT molecular complexity index is 1320. The topological polar surface area (TPSA) is 50.8 Å². The van der Waals surface area contributed by atoms with E-state index in [0.717, 1.165) is 38.9 Å². The van der Waals surface area contributed by atoms with Crippen LogP contribution in [0.5, 0.6) is 5.75 Å². The van der Waals surface area contributed by atoms with E-state index in [1.165, 1.54) is 16.7 Å². The zero-order chi connectivity index (χ0) is 19.8. The maximum Gasteiger partial charge on any atom is 0.144 e. The van der Waals surface area contributed by atoms with E-state index in [1.54, 1.807) is 6.20 Å². The quantitative estimate of drug-likeness (QED) is 0.418. The molecular formula is C25H21N3O. The van der Waals surface area contributed by atoms with Gasteiger partial charge in [-0.1, -0.05) is 35.9 Å². The molecular weight excluding hydrogens is 358 g/mol. The molecule has 4 heteroatoms. The Hall–Kier alpha value is -3.66. The Morgan fingerprint density at radius 3 is 2.66 bits per heavy atom. The summed E-state index contributed by atoms with van der Waals surface area (Å²) >= 11 is 0. The number of ether oxygens (including phenoxy) is 1. The van der Waals surface area contributed by atoms with Gasteiger partial charge in [-0.2, -0.15) is 0 Å². The van der Waals surface area contributed by atoms with Gasteiger partial charge in [0.15, 0.2) is 0 Å². The molecule has 0 saturated carbocycles. The van der Waals surface area contributed by atoms with Crippen LogP contribution >= 0.6 is 0 Å². The molecule has 3 aromatic heterocycles. The standard InChI is InChI=1S/C25H21N3O/c1-16-6-5-7-18(12-16)20-9-10-22(29-15-19-8-3-4-11-26-19)24-23(20)21-13-17(2)14-27-25(21)28-24/h3-14H,15H2,1-2H3,(H,27,28). The summed E-state index contributed by atoms with van der Waals surface area (Å²) in [6, 6.07) is 20.8. The van der Waals surface area contributed by atoms with Crippen LogP contribution in [0.3, 0.4) is 0 Å². The zero-order valence-electron chi connectivity index (χ0n) is 16.4. The van der Waals surface area contributed by atoms with Crippen LogP contribution < -0.4 is 4.74 Å². The number of aromatic nitrogens is 3. The molecule has 0 aliphatic heterocycles. The van der Waals surface area contributed by atoms with E-state index in [-0.39, 0.29) is 0 Å². The van der Waals surface area contributed by atoms with Crippen molar-refractivity contribution < 1.29 is 4.74 Å². The van der Waals surface area contributed by atoms with Crippen LogP contribution in [0.2, 0.25) is 0 Å². The summed E-state index contributed by atoms with van der Waals surface area (Å²) in [4.78, 5) is 12.4. The van der Waals surface area contributed by atoms with Gasteiger partial charge in [0.2, 0.25) is 0 Å². The van der Waals surface area contributed by atoms with Crippen LogP contribution in [0.25, 0.3) is 33.1 Å². The number of pyridine rings is 2. The molecule has 4 nitrogen and oxygen atoms in total. The first-order valence-electron chi connectivity index (χ1n) is 9.70. The van der Waals surface area contributed by atoms with Gasteiger partial charge in [0.1, 0.15) is 18.0 Å². The Morgan fingerprint density at radius 2 is 1.83 bits per heavy atom. The molecule has 5 aromatic rings. The van der Waals surface area contributed by atoms with Gasteiger partial charge in [-0.25, -0.2) is 4.98 Å². The number of benzene rings is 2. The number of nitrogens with zero attached hydrogens (tertiary/aromatic N) is 2. The van der Waals surface area contributed by atoms with Crippen molar-refractivity contribution in [2.75, 3.05) is 0 Å². The van der Waals surface area contributed by atoms with E-state index in [2.05, 4.69) is 65.2 Å². The van der Waals surface area contributed by atoms with Crippen molar-refractivity contribution in [2.24, 2.45) is 0 Å². The monoisotopic (exact) mass is 379 g/mol. The highest BCUT2D eigenvalue weighted by Gasteiger charge is 2.16. The van der Waals surface area contributed by atoms with Crippen molar-refractivity contribution in [3.8, 4) is 16.9 Å². The van der Waals surface area contributed by atoms with Crippen molar-refractivity contribution in [1.82, 2.24) is 15.0 Å². The van der Waals surface area contributed by atoms with Crippen LogP contribution in [0, 0.1) is 13.8 Å². The van der Waals surface area contributed by atoms with E-state index in [0.29, 0.717) is 6.61 Å². The molecule has 3 heterocycles. The highest BCUT2D eigenvalue weighted by atomic mass is 16.5. The molecule has 0 amide bonds. The SMILES string of the molecule is Cc1cccc(-c2ccc(OCc3ccccn3)c3[nH]c4ncc(C)cc4c23)c1. The van der Waals surface area contributed by atoms with Gasteiger partial charge in [-0.05, 0) is 60.9 Å². The minimum absolute atomic E-state index is 0.418. The smallest absolute Gasteiger partial charge is 0.144 e. The molecule has 0 bridgehead atoms. The summed E-state index contributed by atoms with van der Waals surface area (Å²) in [5, 5.41) is 2.25. The van der Waals surface area contributed by atoms with Gasteiger partial charge >= 0.3 is 0 Å². The molecule has 0 atom stereocenters. The molecule has 29 heavy (non-hydrogen) atoms. The lowest BCUT2D eigenvalue weighted by Gasteiger charge is -2.11. The number of hydrogen-bond acceptors (Lipinski definition) is 3. The number of hydrogen-bond donors (Lipinski definition) is 1. The third-order valence-corrected chi connectivity index (χ3v) is 5.14. The average Bonchev–Trinajstić information content (AvgIpc) is 3.12. The maximum absolute atomic E-state index is 6.16. The number of aryl methyl sites for hydroxylation is 2. The highest BCUT2D eigenvalue weighted by molar-refractivity contribution is 6.15. The third-order valence-electron chi connectivity index (χ3n) is 5.14. The fraction of sp³-hybridized carbons (Fsp3) is 0.120.